The lowest BCUT2D eigenvalue weighted by Gasteiger charge is -2.13. The monoisotopic (exact) mass is 323 g/mol. The summed E-state index contributed by atoms with van der Waals surface area (Å²) in [6.45, 7) is 1.72. The van der Waals surface area contributed by atoms with Crippen molar-refractivity contribution in [1.29, 1.82) is 0 Å². The molecule has 1 unspecified atom stereocenters. The summed E-state index contributed by atoms with van der Waals surface area (Å²) in [4.78, 5) is 4.27. The Balaban J connectivity index is 1.94. The Bertz CT molecular complexity index is 552. The minimum atomic E-state index is -4.58. The predicted octanol–water partition coefficient (Wildman–Crippen LogP) is 3.87. The lowest BCUT2D eigenvalue weighted by molar-refractivity contribution is -0.195. The van der Waals surface area contributed by atoms with Crippen molar-refractivity contribution >= 4 is 23.1 Å². The molecule has 0 aliphatic carbocycles. The Morgan fingerprint density at radius 3 is 2.85 bits per heavy atom. The summed E-state index contributed by atoms with van der Waals surface area (Å²) in [5, 5.41) is 12.7. The van der Waals surface area contributed by atoms with Crippen LogP contribution in [0, 0.1) is 6.92 Å². The quantitative estimate of drug-likeness (QED) is 0.907. The Labute approximate surface area is 121 Å². The number of oxazole rings is 1. The molecule has 8 heteroatoms. The number of rotatable bonds is 5. The summed E-state index contributed by atoms with van der Waals surface area (Å²) < 4.78 is 41.9. The third-order valence-electron chi connectivity index (χ3n) is 2.55. The minimum Gasteiger partial charge on any atom is -0.441 e. The second kappa shape index (κ2) is 6.19. The van der Waals surface area contributed by atoms with Crippen LogP contribution in [-0.2, 0) is 5.75 Å². The van der Waals surface area contributed by atoms with Gasteiger partial charge in [0.25, 0.3) is 0 Å². The van der Waals surface area contributed by atoms with Crippen LogP contribution in [0.2, 0.25) is 0 Å². The van der Waals surface area contributed by atoms with Gasteiger partial charge in [0, 0.05) is 22.4 Å². The van der Waals surface area contributed by atoms with Gasteiger partial charge in [0.2, 0.25) is 5.89 Å². The van der Waals surface area contributed by atoms with E-state index in [1.807, 2.05) is 16.8 Å². The molecule has 1 atom stereocenters. The third-order valence-corrected chi connectivity index (χ3v) is 4.27. The highest BCUT2D eigenvalue weighted by molar-refractivity contribution is 7.98. The summed E-state index contributed by atoms with van der Waals surface area (Å²) in [6, 6.07) is 1.86. The lowest BCUT2D eigenvalue weighted by atomic mass is 10.3. The first kappa shape index (κ1) is 15.4. The van der Waals surface area contributed by atoms with Gasteiger partial charge >= 0.3 is 6.18 Å². The van der Waals surface area contributed by atoms with Gasteiger partial charge in [-0.15, -0.1) is 0 Å². The maximum Gasteiger partial charge on any atom is 0.415 e. The molecule has 2 aromatic rings. The molecule has 2 aromatic heterocycles. The zero-order valence-electron chi connectivity index (χ0n) is 10.5. The molecule has 2 heterocycles. The average Bonchev–Trinajstić information content (AvgIpc) is 2.98. The fraction of sp³-hybridized carbons (Fsp3) is 0.417. The van der Waals surface area contributed by atoms with Gasteiger partial charge in [-0.3, -0.25) is 0 Å². The van der Waals surface area contributed by atoms with Gasteiger partial charge < -0.3 is 9.52 Å². The molecule has 0 aliphatic rings. The van der Waals surface area contributed by atoms with Crippen molar-refractivity contribution in [2.75, 3.05) is 5.75 Å². The number of nitrogens with zero attached hydrogens (tertiary/aromatic N) is 1. The number of aliphatic hydroxyl groups excluding tert-OH is 1. The van der Waals surface area contributed by atoms with Crippen LogP contribution in [0.4, 0.5) is 13.2 Å². The van der Waals surface area contributed by atoms with E-state index in [-0.39, 0.29) is 5.75 Å². The molecule has 0 aromatic carbocycles. The molecule has 3 nitrogen and oxygen atoms in total. The molecule has 1 N–H and O–H groups in total. The second-order valence-corrected chi connectivity index (χ2v) is 5.92. The molecule has 0 saturated heterocycles. The maximum atomic E-state index is 12.1. The smallest absolute Gasteiger partial charge is 0.415 e. The Hall–Kier alpha value is -0.990. The number of thioether (sulfide) groups is 1. The zero-order chi connectivity index (χ0) is 14.8. The van der Waals surface area contributed by atoms with E-state index >= 15 is 0 Å². The van der Waals surface area contributed by atoms with Crippen molar-refractivity contribution in [2.45, 2.75) is 25.0 Å². The zero-order valence-corrected chi connectivity index (χ0v) is 12.1. The van der Waals surface area contributed by atoms with Gasteiger partial charge in [0.05, 0.1) is 5.69 Å². The van der Waals surface area contributed by atoms with Crippen molar-refractivity contribution in [3.05, 3.63) is 28.3 Å². The summed E-state index contributed by atoms with van der Waals surface area (Å²) >= 11 is 2.49. The van der Waals surface area contributed by atoms with E-state index in [1.54, 1.807) is 6.92 Å². The minimum absolute atomic E-state index is 0.270. The topological polar surface area (TPSA) is 46.3 Å². The number of hydrogen-bond donors (Lipinski definition) is 1. The first-order chi connectivity index (χ1) is 9.38. The normalized spacial score (nSPS) is 13.7. The van der Waals surface area contributed by atoms with E-state index < -0.39 is 18.0 Å². The highest BCUT2D eigenvalue weighted by Gasteiger charge is 2.37. The van der Waals surface area contributed by atoms with Crippen LogP contribution in [-0.4, -0.2) is 28.1 Å². The van der Waals surface area contributed by atoms with Crippen LogP contribution in [0.15, 0.2) is 21.2 Å². The van der Waals surface area contributed by atoms with Crippen molar-refractivity contribution in [3.8, 4) is 11.5 Å². The van der Waals surface area contributed by atoms with E-state index in [4.69, 9.17) is 9.52 Å². The number of hydrogen-bond acceptors (Lipinski definition) is 5. The van der Waals surface area contributed by atoms with E-state index in [0.29, 0.717) is 17.3 Å². The number of alkyl halides is 3. The number of aliphatic hydroxyl groups is 1. The second-order valence-electron chi connectivity index (χ2n) is 4.11. The van der Waals surface area contributed by atoms with Crippen molar-refractivity contribution < 1.29 is 22.7 Å². The highest BCUT2D eigenvalue weighted by atomic mass is 32.2. The Kier molecular flexibility index (Phi) is 4.77. The van der Waals surface area contributed by atoms with E-state index in [1.165, 1.54) is 11.3 Å². The van der Waals surface area contributed by atoms with Crippen LogP contribution < -0.4 is 0 Å². The summed E-state index contributed by atoms with van der Waals surface area (Å²) in [5.41, 5.74) is 1.45. The van der Waals surface area contributed by atoms with Gasteiger partial charge in [-0.1, -0.05) is 0 Å². The molecule has 20 heavy (non-hydrogen) atoms. The molecule has 0 saturated carbocycles. The largest absolute Gasteiger partial charge is 0.441 e. The lowest BCUT2D eigenvalue weighted by Crippen LogP contribution is -2.30. The summed E-state index contributed by atoms with van der Waals surface area (Å²) in [6.07, 6.45) is -6.88. The highest BCUT2D eigenvalue weighted by Crippen LogP contribution is 2.28. The number of thiophene rings is 1. The Morgan fingerprint density at radius 1 is 1.50 bits per heavy atom. The molecule has 0 radical (unpaired) electrons. The SMILES string of the molecule is Cc1oc(-c2ccsc2)nc1CSCC(O)C(F)(F)F. The molecule has 0 aliphatic heterocycles. The molecule has 0 bridgehead atoms. The van der Waals surface area contributed by atoms with Crippen molar-refractivity contribution in [2.24, 2.45) is 0 Å². The van der Waals surface area contributed by atoms with Crippen molar-refractivity contribution in [1.82, 2.24) is 4.98 Å². The van der Waals surface area contributed by atoms with Gasteiger partial charge in [-0.2, -0.15) is 36.3 Å². The standard InChI is InChI=1S/C12H12F3NO2S2/c1-7-9(5-20-6-10(17)12(13,14)15)16-11(18-7)8-2-3-19-4-8/h2-4,10,17H,5-6H2,1H3. The van der Waals surface area contributed by atoms with Crippen molar-refractivity contribution in [3.63, 3.8) is 0 Å². The van der Waals surface area contributed by atoms with Crippen LogP contribution in [0.5, 0.6) is 0 Å². The van der Waals surface area contributed by atoms with Crippen LogP contribution >= 0.6 is 23.1 Å². The Morgan fingerprint density at radius 2 is 2.25 bits per heavy atom. The van der Waals surface area contributed by atoms with E-state index in [2.05, 4.69) is 4.98 Å². The molecule has 0 fully saturated rings. The van der Waals surface area contributed by atoms with Gasteiger partial charge in [0.15, 0.2) is 6.10 Å². The summed E-state index contributed by atoms with van der Waals surface area (Å²) in [5.74, 6) is 0.909. The van der Waals surface area contributed by atoms with Crippen LogP contribution in [0.25, 0.3) is 11.5 Å². The number of aryl methyl sites for hydroxylation is 1. The molecule has 2 rings (SSSR count). The van der Waals surface area contributed by atoms with Gasteiger partial charge in [0.1, 0.15) is 5.76 Å². The van der Waals surface area contributed by atoms with Crippen LogP contribution in [0.3, 0.4) is 0 Å². The molecular weight excluding hydrogens is 311 g/mol. The molecule has 110 valence electrons. The summed E-state index contributed by atoms with van der Waals surface area (Å²) in [7, 11) is 0. The number of halogens is 3. The average molecular weight is 323 g/mol. The predicted molar refractivity (Wildman–Crippen MR) is 72.8 cm³/mol. The first-order valence-corrected chi connectivity index (χ1v) is 7.79. The fourth-order valence-corrected chi connectivity index (χ4v) is 3.05. The van der Waals surface area contributed by atoms with Crippen LogP contribution in [0.1, 0.15) is 11.5 Å². The van der Waals surface area contributed by atoms with Gasteiger partial charge in [-0.25, -0.2) is 4.98 Å². The van der Waals surface area contributed by atoms with Gasteiger partial charge in [-0.05, 0) is 18.4 Å². The fourth-order valence-electron chi connectivity index (χ4n) is 1.43. The molecule has 0 amide bonds. The molecule has 0 spiro atoms. The third kappa shape index (κ3) is 3.77. The number of aromatic nitrogens is 1. The molecular formula is C12H12F3NO2S2. The van der Waals surface area contributed by atoms with E-state index in [9.17, 15) is 13.2 Å². The van der Waals surface area contributed by atoms with E-state index in [0.717, 1.165) is 17.3 Å². The first-order valence-electron chi connectivity index (χ1n) is 5.69. The maximum absolute atomic E-state index is 12.1.